The Morgan fingerprint density at radius 1 is 1.32 bits per heavy atom. The van der Waals surface area contributed by atoms with Crippen LogP contribution in [-0.4, -0.2) is 44.5 Å². The summed E-state index contributed by atoms with van der Waals surface area (Å²) in [6.45, 7) is 4.16. The van der Waals surface area contributed by atoms with E-state index in [1.807, 2.05) is 42.3 Å². The molecule has 2 heterocycles. The second-order valence-corrected chi connectivity index (χ2v) is 7.49. The van der Waals surface area contributed by atoms with Gasteiger partial charge in [0, 0.05) is 32.6 Å². The molecule has 1 aliphatic rings. The first-order valence-electron chi connectivity index (χ1n) is 8.77. The maximum Gasteiger partial charge on any atom is 0.317 e. The highest BCUT2D eigenvalue weighted by Gasteiger charge is 2.28. The van der Waals surface area contributed by atoms with Gasteiger partial charge in [-0.15, -0.1) is 10.2 Å². The predicted molar refractivity (Wildman–Crippen MR) is 99.6 cm³/mol. The van der Waals surface area contributed by atoms with E-state index in [1.54, 1.807) is 11.8 Å². The molecule has 134 valence electrons. The Labute approximate surface area is 153 Å². The minimum Gasteiger partial charge on any atom is -0.334 e. The SMILES string of the molecule is CCSc1nnc([C@@H]2CCCN(C(=O)NCc3ccccc3)C2)n1C. The van der Waals surface area contributed by atoms with E-state index in [4.69, 9.17) is 0 Å². The van der Waals surface area contributed by atoms with Crippen molar-refractivity contribution in [3.05, 3.63) is 41.7 Å². The minimum absolute atomic E-state index is 0.00104. The van der Waals surface area contributed by atoms with Crippen LogP contribution in [0.1, 0.15) is 37.1 Å². The molecule has 25 heavy (non-hydrogen) atoms. The standard InChI is InChI=1S/C18H25N5OS/c1-3-25-18-21-20-16(22(18)2)15-10-7-11-23(13-15)17(24)19-12-14-8-5-4-6-9-14/h4-6,8-9,15H,3,7,10-13H2,1-2H3,(H,19,24)/t15-/m1/s1. The Hall–Kier alpha value is -2.02. The van der Waals surface area contributed by atoms with Crippen LogP contribution in [0.2, 0.25) is 0 Å². The zero-order chi connectivity index (χ0) is 17.6. The molecule has 6 nitrogen and oxygen atoms in total. The van der Waals surface area contributed by atoms with E-state index in [0.29, 0.717) is 13.1 Å². The van der Waals surface area contributed by atoms with Gasteiger partial charge in [0.25, 0.3) is 0 Å². The summed E-state index contributed by atoms with van der Waals surface area (Å²) in [6, 6.07) is 9.99. The zero-order valence-corrected chi connectivity index (χ0v) is 15.6. The number of hydrogen-bond donors (Lipinski definition) is 1. The highest BCUT2D eigenvalue weighted by Crippen LogP contribution is 2.27. The van der Waals surface area contributed by atoms with Crippen LogP contribution in [0.25, 0.3) is 0 Å². The number of aromatic nitrogens is 3. The van der Waals surface area contributed by atoms with Gasteiger partial charge < -0.3 is 14.8 Å². The van der Waals surface area contributed by atoms with Crippen molar-refractivity contribution >= 4 is 17.8 Å². The summed E-state index contributed by atoms with van der Waals surface area (Å²) in [4.78, 5) is 14.4. The summed E-state index contributed by atoms with van der Waals surface area (Å²) in [6.07, 6.45) is 2.04. The average molecular weight is 359 g/mol. The summed E-state index contributed by atoms with van der Waals surface area (Å²) in [7, 11) is 2.02. The third-order valence-corrected chi connectivity index (χ3v) is 5.40. The smallest absolute Gasteiger partial charge is 0.317 e. The van der Waals surface area contributed by atoms with Crippen LogP contribution in [0.3, 0.4) is 0 Å². The fraction of sp³-hybridized carbons (Fsp3) is 0.500. The summed E-state index contributed by atoms with van der Waals surface area (Å²) in [5.41, 5.74) is 1.11. The minimum atomic E-state index is -0.00104. The van der Waals surface area contributed by atoms with E-state index in [1.165, 1.54) is 0 Å². The molecule has 0 aliphatic carbocycles. The van der Waals surface area contributed by atoms with E-state index in [0.717, 1.165) is 41.7 Å². The Morgan fingerprint density at radius 2 is 2.12 bits per heavy atom. The van der Waals surface area contributed by atoms with Crippen molar-refractivity contribution in [1.29, 1.82) is 0 Å². The monoisotopic (exact) mass is 359 g/mol. The quantitative estimate of drug-likeness (QED) is 0.834. The molecule has 1 aromatic carbocycles. The van der Waals surface area contributed by atoms with Crippen LogP contribution in [-0.2, 0) is 13.6 Å². The number of hydrogen-bond acceptors (Lipinski definition) is 4. The highest BCUT2D eigenvalue weighted by molar-refractivity contribution is 7.99. The van der Waals surface area contributed by atoms with E-state index < -0.39 is 0 Å². The molecule has 1 N–H and O–H groups in total. The fourth-order valence-corrected chi connectivity index (χ4v) is 3.84. The van der Waals surface area contributed by atoms with Crippen molar-refractivity contribution < 1.29 is 4.79 Å². The number of benzene rings is 1. The highest BCUT2D eigenvalue weighted by atomic mass is 32.2. The van der Waals surface area contributed by atoms with Crippen molar-refractivity contribution in [1.82, 2.24) is 25.0 Å². The van der Waals surface area contributed by atoms with Crippen molar-refractivity contribution in [2.24, 2.45) is 7.05 Å². The third-order valence-electron chi connectivity index (χ3n) is 4.50. The van der Waals surface area contributed by atoms with E-state index in [-0.39, 0.29) is 11.9 Å². The van der Waals surface area contributed by atoms with Gasteiger partial charge in [-0.05, 0) is 24.2 Å². The molecule has 7 heteroatoms. The Morgan fingerprint density at radius 3 is 2.88 bits per heavy atom. The number of carbonyl (C=O) groups excluding carboxylic acids is 1. The molecule has 0 unspecified atom stereocenters. The zero-order valence-electron chi connectivity index (χ0n) is 14.8. The van der Waals surface area contributed by atoms with Crippen molar-refractivity contribution in [2.45, 2.75) is 37.4 Å². The van der Waals surface area contributed by atoms with Gasteiger partial charge >= 0.3 is 6.03 Å². The van der Waals surface area contributed by atoms with Gasteiger partial charge in [0.1, 0.15) is 5.82 Å². The summed E-state index contributed by atoms with van der Waals surface area (Å²) < 4.78 is 2.07. The number of likely N-dealkylation sites (tertiary alicyclic amines) is 1. The first-order chi connectivity index (χ1) is 12.2. The summed E-state index contributed by atoms with van der Waals surface area (Å²) >= 11 is 1.70. The van der Waals surface area contributed by atoms with Crippen LogP contribution in [0, 0.1) is 0 Å². The molecule has 1 atom stereocenters. The van der Waals surface area contributed by atoms with Crippen molar-refractivity contribution in [3.8, 4) is 0 Å². The summed E-state index contributed by atoms with van der Waals surface area (Å²) in [5.74, 6) is 2.21. The van der Waals surface area contributed by atoms with Gasteiger partial charge in [0.2, 0.25) is 0 Å². The van der Waals surface area contributed by atoms with Gasteiger partial charge in [-0.25, -0.2) is 4.79 Å². The predicted octanol–water partition coefficient (Wildman–Crippen LogP) is 3.02. The number of piperidine rings is 1. The fourth-order valence-electron chi connectivity index (χ4n) is 3.19. The number of nitrogens with zero attached hydrogens (tertiary/aromatic N) is 4. The maximum atomic E-state index is 12.5. The van der Waals surface area contributed by atoms with Crippen LogP contribution in [0.15, 0.2) is 35.5 Å². The van der Waals surface area contributed by atoms with E-state index in [9.17, 15) is 4.79 Å². The largest absolute Gasteiger partial charge is 0.334 e. The number of thioether (sulfide) groups is 1. The molecule has 1 fully saturated rings. The molecule has 3 rings (SSSR count). The van der Waals surface area contributed by atoms with Crippen molar-refractivity contribution in [3.63, 3.8) is 0 Å². The number of nitrogens with one attached hydrogen (secondary N) is 1. The lowest BCUT2D eigenvalue weighted by atomic mass is 9.97. The molecule has 0 spiro atoms. The molecule has 1 aromatic heterocycles. The molecule has 0 saturated carbocycles. The van der Waals surface area contributed by atoms with Crippen LogP contribution < -0.4 is 5.32 Å². The second kappa shape index (κ2) is 8.38. The van der Waals surface area contributed by atoms with Gasteiger partial charge in [0.05, 0.1) is 0 Å². The van der Waals surface area contributed by atoms with Gasteiger partial charge in [-0.3, -0.25) is 0 Å². The number of rotatable bonds is 5. The van der Waals surface area contributed by atoms with Crippen LogP contribution >= 0.6 is 11.8 Å². The number of amides is 2. The lowest BCUT2D eigenvalue weighted by Gasteiger charge is -2.32. The lowest BCUT2D eigenvalue weighted by molar-refractivity contribution is 0.177. The third kappa shape index (κ3) is 4.34. The second-order valence-electron chi connectivity index (χ2n) is 6.26. The average Bonchev–Trinajstić information content (AvgIpc) is 3.02. The molecule has 0 radical (unpaired) electrons. The first kappa shape index (κ1) is 17.8. The topological polar surface area (TPSA) is 63.1 Å². The molecule has 1 saturated heterocycles. The molecular formula is C18H25N5OS. The molecule has 0 bridgehead atoms. The van der Waals surface area contributed by atoms with Crippen LogP contribution in [0.4, 0.5) is 4.79 Å². The lowest BCUT2D eigenvalue weighted by Crippen LogP contribution is -2.45. The normalized spacial score (nSPS) is 17.5. The molecule has 2 amide bonds. The van der Waals surface area contributed by atoms with Gasteiger partial charge in [-0.1, -0.05) is 49.0 Å². The Kier molecular flexibility index (Phi) is 5.96. The van der Waals surface area contributed by atoms with Gasteiger partial charge in [-0.2, -0.15) is 0 Å². The number of carbonyl (C=O) groups is 1. The number of urea groups is 1. The van der Waals surface area contributed by atoms with E-state index in [2.05, 4.69) is 27.0 Å². The van der Waals surface area contributed by atoms with Gasteiger partial charge in [0.15, 0.2) is 5.16 Å². The molecule has 2 aromatic rings. The maximum absolute atomic E-state index is 12.5. The Bertz CT molecular complexity index is 703. The van der Waals surface area contributed by atoms with Crippen molar-refractivity contribution in [2.75, 3.05) is 18.8 Å². The van der Waals surface area contributed by atoms with Crippen LogP contribution in [0.5, 0.6) is 0 Å². The molecular weight excluding hydrogens is 334 g/mol. The Balaban J connectivity index is 1.60. The summed E-state index contributed by atoms with van der Waals surface area (Å²) in [5, 5.41) is 12.6. The van der Waals surface area contributed by atoms with E-state index >= 15 is 0 Å². The molecule has 1 aliphatic heterocycles. The first-order valence-corrected chi connectivity index (χ1v) is 9.76.